The molecular formula is C47H69NO6. The van der Waals surface area contributed by atoms with Crippen LogP contribution in [0, 0.1) is 68.0 Å². The number of hydrogen-bond acceptors (Lipinski definition) is 6. The normalized spacial score (nSPS) is 40.5. The first-order valence-corrected chi connectivity index (χ1v) is 21.3. The summed E-state index contributed by atoms with van der Waals surface area (Å²) in [5.41, 5.74) is 3.57. The molecule has 0 saturated heterocycles. The minimum Gasteiger partial charge on any atom is -0.497 e. The Kier molecular flexibility index (Phi) is 9.87. The van der Waals surface area contributed by atoms with Gasteiger partial charge in [-0.3, -0.25) is 14.4 Å². The zero-order chi connectivity index (χ0) is 39.2. The molecule has 0 spiro atoms. The molecule has 5 fully saturated rings. The predicted molar refractivity (Wildman–Crippen MR) is 212 cm³/mol. The third-order valence-electron chi connectivity index (χ3n) is 17.9. The van der Waals surface area contributed by atoms with Gasteiger partial charge in [-0.15, -0.1) is 0 Å². The fourth-order valence-electron chi connectivity index (χ4n) is 14.5. The number of carbonyl (C=O) groups excluding carboxylic acids is 2. The van der Waals surface area contributed by atoms with Crippen molar-refractivity contribution in [2.45, 2.75) is 146 Å². The van der Waals surface area contributed by atoms with Gasteiger partial charge < -0.3 is 19.9 Å². The maximum atomic E-state index is 14.1. The highest BCUT2D eigenvalue weighted by atomic mass is 16.5. The largest absolute Gasteiger partial charge is 0.497 e. The SMILES string of the molecule is COc1ccc(CNCC[C@@]23CC[C@]4(C)[C@H](CC[C@@H]5[C@@]6(C)CC[C@H](OC(=O)[C@H]7C[C@@H](C(=O)O)C7(C)C)C(C)(C)[C@@H]6CC[C@]54C)C2=C(C(C)C)C(=O)C3)cc1. The van der Waals surface area contributed by atoms with E-state index in [1.54, 1.807) is 12.7 Å². The van der Waals surface area contributed by atoms with Gasteiger partial charge in [0.2, 0.25) is 0 Å². The van der Waals surface area contributed by atoms with E-state index in [0.717, 1.165) is 62.9 Å². The van der Waals surface area contributed by atoms with E-state index in [9.17, 15) is 19.5 Å². The average molecular weight is 744 g/mol. The molecule has 54 heavy (non-hydrogen) atoms. The number of ether oxygens (including phenoxy) is 2. The first-order valence-electron chi connectivity index (χ1n) is 21.3. The third kappa shape index (κ3) is 5.77. The van der Waals surface area contributed by atoms with Crippen LogP contribution in [0.15, 0.2) is 35.4 Å². The van der Waals surface area contributed by atoms with Gasteiger partial charge in [-0.25, -0.2) is 0 Å². The van der Waals surface area contributed by atoms with E-state index in [1.807, 2.05) is 26.0 Å². The van der Waals surface area contributed by atoms with Crippen molar-refractivity contribution in [3.8, 4) is 5.75 Å². The summed E-state index contributed by atoms with van der Waals surface area (Å²) in [5.74, 6) is 1.09. The summed E-state index contributed by atoms with van der Waals surface area (Å²) in [6.45, 7) is 22.5. The van der Waals surface area contributed by atoms with Gasteiger partial charge in [0, 0.05) is 23.8 Å². The lowest BCUT2D eigenvalue weighted by atomic mass is 9.33. The Morgan fingerprint density at radius 3 is 2.19 bits per heavy atom. The second kappa shape index (κ2) is 13.5. The van der Waals surface area contributed by atoms with E-state index in [1.165, 1.54) is 24.8 Å². The molecule has 0 unspecified atom stereocenters. The fourth-order valence-corrected chi connectivity index (χ4v) is 14.5. The average Bonchev–Trinajstić information content (AvgIpc) is 3.40. The highest BCUT2D eigenvalue weighted by molar-refractivity contribution is 6.00. The van der Waals surface area contributed by atoms with Crippen LogP contribution in [0.3, 0.4) is 0 Å². The number of nitrogens with one attached hydrogen (secondary N) is 1. The maximum absolute atomic E-state index is 14.1. The number of Topliss-reactive ketones (excluding diaryl/α,β-unsaturated/α-hetero) is 1. The molecule has 298 valence electrons. The summed E-state index contributed by atoms with van der Waals surface area (Å²) >= 11 is 0. The Balaban J connectivity index is 1.10. The van der Waals surface area contributed by atoms with Crippen molar-refractivity contribution in [1.29, 1.82) is 0 Å². The van der Waals surface area contributed by atoms with Crippen LogP contribution in [0.5, 0.6) is 5.75 Å². The minimum atomic E-state index is -0.816. The van der Waals surface area contributed by atoms with Crippen molar-refractivity contribution < 1.29 is 29.0 Å². The summed E-state index contributed by atoms with van der Waals surface area (Å²) in [6, 6.07) is 8.29. The predicted octanol–water partition coefficient (Wildman–Crippen LogP) is 9.81. The van der Waals surface area contributed by atoms with Gasteiger partial charge in [0.25, 0.3) is 0 Å². The Morgan fingerprint density at radius 2 is 1.56 bits per heavy atom. The number of aliphatic carboxylic acids is 1. The Labute approximate surface area is 325 Å². The van der Waals surface area contributed by atoms with Crippen LogP contribution in [0.4, 0.5) is 0 Å². The minimum absolute atomic E-state index is 0.0402. The molecule has 6 aliphatic rings. The van der Waals surface area contributed by atoms with Crippen molar-refractivity contribution >= 4 is 17.7 Å². The molecule has 7 nitrogen and oxygen atoms in total. The molecule has 5 saturated carbocycles. The molecule has 10 atom stereocenters. The van der Waals surface area contributed by atoms with Crippen molar-refractivity contribution in [3.05, 3.63) is 41.0 Å². The van der Waals surface area contributed by atoms with E-state index in [-0.39, 0.29) is 51.0 Å². The Hall–Kier alpha value is -2.67. The zero-order valence-corrected chi connectivity index (χ0v) is 35.0. The van der Waals surface area contributed by atoms with Crippen LogP contribution in [-0.2, 0) is 25.7 Å². The molecule has 2 N–H and O–H groups in total. The number of carboxylic acids is 1. The lowest BCUT2D eigenvalue weighted by molar-refractivity contribution is -0.236. The molecule has 1 aromatic rings. The molecule has 0 amide bonds. The number of benzene rings is 1. The standard InChI is InChI=1S/C47H69NO6/c1-28(2)38-34(49)26-47(23-24-48-27-29-11-13-30(53-10)14-12-29)22-21-45(8)31(39(38)47)15-16-36-44(7)19-18-37(43(5,6)35(44)17-20-46(36,45)9)54-41(52)33-25-32(40(50)51)42(33,3)4/h11-14,28,31-33,35-37,48H,15-27H2,1-10H3,(H,50,51)/t31-,32+,33-,35+,36-,37+,44+,45-,46-,47-/m1/s1. The second-order valence-corrected chi connectivity index (χ2v) is 21.0. The van der Waals surface area contributed by atoms with Crippen molar-refractivity contribution in [2.24, 2.45) is 68.0 Å². The van der Waals surface area contributed by atoms with Gasteiger partial charge in [-0.05, 0) is 139 Å². The summed E-state index contributed by atoms with van der Waals surface area (Å²) in [6.07, 6.45) is 10.7. The molecule has 0 heterocycles. The Morgan fingerprint density at radius 1 is 0.852 bits per heavy atom. The molecule has 1 aromatic carbocycles. The number of ketones is 1. The maximum Gasteiger partial charge on any atom is 0.309 e. The fraction of sp³-hybridized carbons (Fsp3) is 0.766. The number of rotatable bonds is 10. The van der Waals surface area contributed by atoms with Crippen LogP contribution >= 0.6 is 0 Å². The number of fused-ring (bicyclic) bond motifs is 7. The van der Waals surface area contributed by atoms with Gasteiger partial charge in [0.1, 0.15) is 11.9 Å². The van der Waals surface area contributed by atoms with Gasteiger partial charge in [-0.1, -0.05) is 80.0 Å². The second-order valence-electron chi connectivity index (χ2n) is 21.0. The van der Waals surface area contributed by atoms with Gasteiger partial charge >= 0.3 is 11.9 Å². The van der Waals surface area contributed by atoms with Crippen molar-refractivity contribution in [1.82, 2.24) is 5.32 Å². The zero-order valence-electron chi connectivity index (χ0n) is 35.0. The molecule has 7 rings (SSSR count). The number of allylic oxidation sites excluding steroid dienone is 2. The van der Waals surface area contributed by atoms with E-state index in [0.29, 0.717) is 36.4 Å². The lowest BCUT2D eigenvalue weighted by Gasteiger charge is -2.72. The van der Waals surface area contributed by atoms with Crippen molar-refractivity contribution in [3.63, 3.8) is 0 Å². The third-order valence-corrected chi connectivity index (χ3v) is 17.9. The highest BCUT2D eigenvalue weighted by Gasteiger charge is 2.70. The molecule has 6 aliphatic carbocycles. The number of hydrogen-bond donors (Lipinski definition) is 2. The van der Waals surface area contributed by atoms with Crippen LogP contribution in [0.25, 0.3) is 0 Å². The van der Waals surface area contributed by atoms with E-state index in [2.05, 4.69) is 65.9 Å². The molecule has 0 aliphatic heterocycles. The summed E-state index contributed by atoms with van der Waals surface area (Å²) in [5, 5.41) is 13.4. The number of carboxylic acid groups (broad SMARTS) is 1. The van der Waals surface area contributed by atoms with E-state index >= 15 is 0 Å². The van der Waals surface area contributed by atoms with Crippen LogP contribution < -0.4 is 10.1 Å². The van der Waals surface area contributed by atoms with Crippen molar-refractivity contribution in [2.75, 3.05) is 13.7 Å². The van der Waals surface area contributed by atoms with Gasteiger partial charge in [0.15, 0.2) is 5.78 Å². The van der Waals surface area contributed by atoms with Crippen LogP contribution in [0.2, 0.25) is 0 Å². The number of carbonyl (C=O) groups is 3. The molecule has 7 heteroatoms. The quantitative estimate of drug-likeness (QED) is 0.182. The highest BCUT2D eigenvalue weighted by Crippen LogP contribution is 2.77. The summed E-state index contributed by atoms with van der Waals surface area (Å²) in [7, 11) is 1.70. The first kappa shape index (κ1) is 39.6. The number of methoxy groups -OCH3 is 1. The molecule has 0 aromatic heterocycles. The van der Waals surface area contributed by atoms with E-state index in [4.69, 9.17) is 9.47 Å². The molecule has 0 radical (unpaired) electrons. The van der Waals surface area contributed by atoms with Crippen LogP contribution in [-0.4, -0.2) is 42.6 Å². The summed E-state index contributed by atoms with van der Waals surface area (Å²) in [4.78, 5) is 39.4. The monoisotopic (exact) mass is 744 g/mol. The topological polar surface area (TPSA) is 102 Å². The lowest BCUT2D eigenvalue weighted by Crippen LogP contribution is -2.66. The van der Waals surface area contributed by atoms with Gasteiger partial charge in [0.05, 0.1) is 18.9 Å². The van der Waals surface area contributed by atoms with Gasteiger partial charge in [-0.2, -0.15) is 0 Å². The molecule has 0 bridgehead atoms. The Bertz CT molecular complexity index is 1690. The first-order chi connectivity index (χ1) is 25.3. The number of esters is 1. The smallest absolute Gasteiger partial charge is 0.309 e. The molecular weight excluding hydrogens is 675 g/mol. The summed E-state index contributed by atoms with van der Waals surface area (Å²) < 4.78 is 11.8. The van der Waals surface area contributed by atoms with E-state index < -0.39 is 17.3 Å². The van der Waals surface area contributed by atoms with Crippen LogP contribution in [0.1, 0.15) is 139 Å².